The molecule has 6 nitrogen and oxygen atoms in total. The molecule has 0 aliphatic carbocycles. The van der Waals surface area contributed by atoms with E-state index in [1.807, 2.05) is 29.2 Å². The van der Waals surface area contributed by atoms with E-state index in [0.29, 0.717) is 13.1 Å². The van der Waals surface area contributed by atoms with E-state index in [1.165, 1.54) is 5.56 Å². The number of piperidine rings is 1. The molecule has 2 aromatic rings. The van der Waals surface area contributed by atoms with E-state index >= 15 is 0 Å². The van der Waals surface area contributed by atoms with Crippen LogP contribution < -0.4 is 0 Å². The van der Waals surface area contributed by atoms with Gasteiger partial charge in [0.1, 0.15) is 6.61 Å². The highest BCUT2D eigenvalue weighted by Crippen LogP contribution is 2.31. The fourth-order valence-corrected chi connectivity index (χ4v) is 3.68. The Hall–Kier alpha value is -2.18. The monoisotopic (exact) mass is 341 g/mol. The lowest BCUT2D eigenvalue weighted by molar-refractivity contribution is -0.172. The van der Waals surface area contributed by atoms with Gasteiger partial charge in [0.2, 0.25) is 5.91 Å². The number of carbonyl (C=O) groups excluding carboxylic acids is 1. The largest absolute Gasteiger partial charge is 0.472 e. The number of pyridine rings is 1. The molecule has 1 amide bonds. The number of morpholine rings is 1. The normalized spacial score (nSPS) is 21.0. The molecule has 4 heterocycles. The van der Waals surface area contributed by atoms with Crippen molar-refractivity contribution in [2.75, 3.05) is 26.2 Å². The maximum atomic E-state index is 12.3. The minimum atomic E-state index is -0.213. The summed E-state index contributed by atoms with van der Waals surface area (Å²) in [5.74, 6) is 0.0529. The molecule has 0 atom stereocenters. The molecule has 0 bridgehead atoms. The minimum absolute atomic E-state index is 0.0529. The zero-order valence-electron chi connectivity index (χ0n) is 14.3. The van der Waals surface area contributed by atoms with Gasteiger partial charge in [-0.3, -0.25) is 14.7 Å². The van der Waals surface area contributed by atoms with Crippen LogP contribution in [0.4, 0.5) is 0 Å². The van der Waals surface area contributed by atoms with Crippen LogP contribution in [0.3, 0.4) is 0 Å². The smallest absolute Gasteiger partial charge is 0.249 e. The van der Waals surface area contributed by atoms with Crippen molar-refractivity contribution in [3.63, 3.8) is 0 Å². The van der Waals surface area contributed by atoms with Gasteiger partial charge in [-0.15, -0.1) is 0 Å². The number of aromatic nitrogens is 1. The molecule has 0 unspecified atom stereocenters. The van der Waals surface area contributed by atoms with Gasteiger partial charge in [-0.25, -0.2) is 0 Å². The molecule has 25 heavy (non-hydrogen) atoms. The Labute approximate surface area is 147 Å². The van der Waals surface area contributed by atoms with Crippen molar-refractivity contribution < 1.29 is 13.9 Å². The molecule has 0 radical (unpaired) electrons. The van der Waals surface area contributed by atoms with E-state index in [4.69, 9.17) is 9.15 Å². The number of hydrogen-bond donors (Lipinski definition) is 0. The van der Waals surface area contributed by atoms with Crippen LogP contribution in [-0.2, 0) is 22.6 Å². The Morgan fingerprint density at radius 1 is 1.16 bits per heavy atom. The van der Waals surface area contributed by atoms with Crippen molar-refractivity contribution in [3.8, 4) is 0 Å². The quantitative estimate of drug-likeness (QED) is 0.852. The number of hydrogen-bond acceptors (Lipinski definition) is 5. The molecule has 0 saturated carbocycles. The van der Waals surface area contributed by atoms with Gasteiger partial charge in [-0.1, -0.05) is 6.07 Å². The maximum absolute atomic E-state index is 12.3. The summed E-state index contributed by atoms with van der Waals surface area (Å²) in [6, 6.07) is 7.82. The lowest BCUT2D eigenvalue weighted by Crippen LogP contribution is -2.58. The van der Waals surface area contributed by atoms with Crippen LogP contribution in [-0.4, -0.2) is 52.5 Å². The molecule has 2 aromatic heterocycles. The second-order valence-corrected chi connectivity index (χ2v) is 6.95. The predicted molar refractivity (Wildman–Crippen MR) is 91.6 cm³/mol. The SMILES string of the molecule is O=C1COC2(CCN(Cc3ccoc3)CC2)CN1Cc1ccccn1. The predicted octanol–water partition coefficient (Wildman–Crippen LogP) is 2.07. The molecule has 0 aromatic carbocycles. The first-order valence-corrected chi connectivity index (χ1v) is 8.78. The third kappa shape index (κ3) is 3.75. The molecular weight excluding hydrogens is 318 g/mol. The topological polar surface area (TPSA) is 58.8 Å². The van der Waals surface area contributed by atoms with Crippen molar-refractivity contribution in [1.82, 2.24) is 14.8 Å². The van der Waals surface area contributed by atoms with Crippen LogP contribution in [0.1, 0.15) is 24.1 Å². The van der Waals surface area contributed by atoms with E-state index in [-0.39, 0.29) is 18.1 Å². The standard InChI is InChI=1S/C19H23N3O3/c23-18-14-25-19(15-22(18)12-17-3-1-2-7-20-17)5-8-21(9-6-19)11-16-4-10-24-13-16/h1-4,7,10,13H,5-6,8-9,11-12,14-15H2. The van der Waals surface area contributed by atoms with Crippen LogP contribution in [0, 0.1) is 0 Å². The zero-order chi connectivity index (χ0) is 17.1. The molecule has 1 spiro atoms. The number of ether oxygens (including phenoxy) is 1. The minimum Gasteiger partial charge on any atom is -0.472 e. The van der Waals surface area contributed by atoms with Crippen molar-refractivity contribution in [1.29, 1.82) is 0 Å². The Balaban J connectivity index is 1.37. The number of amides is 1. The average molecular weight is 341 g/mol. The molecular formula is C19H23N3O3. The maximum Gasteiger partial charge on any atom is 0.249 e. The zero-order valence-corrected chi connectivity index (χ0v) is 14.3. The molecule has 2 aliphatic heterocycles. The van der Waals surface area contributed by atoms with Crippen LogP contribution in [0.25, 0.3) is 0 Å². The van der Waals surface area contributed by atoms with Gasteiger partial charge in [0, 0.05) is 31.4 Å². The highest BCUT2D eigenvalue weighted by molar-refractivity contribution is 5.78. The van der Waals surface area contributed by atoms with Gasteiger partial charge >= 0.3 is 0 Å². The Morgan fingerprint density at radius 2 is 2.04 bits per heavy atom. The molecule has 132 valence electrons. The highest BCUT2D eigenvalue weighted by Gasteiger charge is 2.42. The van der Waals surface area contributed by atoms with E-state index < -0.39 is 0 Å². The van der Waals surface area contributed by atoms with Crippen LogP contribution in [0.5, 0.6) is 0 Å². The Morgan fingerprint density at radius 3 is 2.76 bits per heavy atom. The van der Waals surface area contributed by atoms with E-state index in [0.717, 1.165) is 38.2 Å². The lowest BCUT2D eigenvalue weighted by atomic mass is 9.89. The molecule has 2 aliphatic rings. The summed E-state index contributed by atoms with van der Waals surface area (Å²) >= 11 is 0. The molecule has 0 N–H and O–H groups in total. The first-order valence-electron chi connectivity index (χ1n) is 8.78. The third-order valence-electron chi connectivity index (χ3n) is 5.17. The second kappa shape index (κ2) is 6.98. The summed E-state index contributed by atoms with van der Waals surface area (Å²) in [6.45, 7) is 4.23. The third-order valence-corrected chi connectivity index (χ3v) is 5.17. The average Bonchev–Trinajstić information content (AvgIpc) is 3.15. The summed E-state index contributed by atoms with van der Waals surface area (Å²) < 4.78 is 11.2. The fraction of sp³-hybridized carbons (Fsp3) is 0.474. The van der Waals surface area contributed by atoms with Crippen LogP contribution in [0.15, 0.2) is 47.4 Å². The first kappa shape index (κ1) is 16.3. The van der Waals surface area contributed by atoms with Crippen molar-refractivity contribution >= 4 is 5.91 Å². The Bertz CT molecular complexity index is 694. The molecule has 4 rings (SSSR count). The highest BCUT2D eigenvalue weighted by atomic mass is 16.5. The summed E-state index contributed by atoms with van der Waals surface area (Å²) in [5, 5.41) is 0. The van der Waals surface area contributed by atoms with Gasteiger partial charge in [0.15, 0.2) is 0 Å². The summed E-state index contributed by atoms with van der Waals surface area (Å²) in [5.41, 5.74) is 1.91. The van der Waals surface area contributed by atoms with Gasteiger partial charge in [0.25, 0.3) is 0 Å². The van der Waals surface area contributed by atoms with Gasteiger partial charge < -0.3 is 14.1 Å². The van der Waals surface area contributed by atoms with Crippen LogP contribution in [0.2, 0.25) is 0 Å². The van der Waals surface area contributed by atoms with E-state index in [9.17, 15) is 4.79 Å². The molecule has 6 heteroatoms. The van der Waals surface area contributed by atoms with E-state index in [1.54, 1.807) is 18.7 Å². The number of likely N-dealkylation sites (tertiary alicyclic amines) is 1. The fourth-order valence-electron chi connectivity index (χ4n) is 3.68. The Kier molecular flexibility index (Phi) is 4.55. The van der Waals surface area contributed by atoms with Crippen molar-refractivity contribution in [2.45, 2.75) is 31.5 Å². The molecule has 2 saturated heterocycles. The van der Waals surface area contributed by atoms with Crippen molar-refractivity contribution in [2.24, 2.45) is 0 Å². The summed E-state index contributed by atoms with van der Waals surface area (Å²) in [4.78, 5) is 20.9. The number of carbonyl (C=O) groups is 1. The lowest BCUT2D eigenvalue weighted by Gasteiger charge is -2.47. The van der Waals surface area contributed by atoms with Gasteiger partial charge in [-0.05, 0) is 31.0 Å². The second-order valence-electron chi connectivity index (χ2n) is 6.95. The van der Waals surface area contributed by atoms with E-state index in [2.05, 4.69) is 9.88 Å². The van der Waals surface area contributed by atoms with Gasteiger partial charge in [0.05, 0.1) is 36.9 Å². The molecule has 2 fully saturated rings. The summed E-state index contributed by atoms with van der Waals surface area (Å²) in [7, 11) is 0. The number of nitrogens with zero attached hydrogens (tertiary/aromatic N) is 3. The number of rotatable bonds is 4. The summed E-state index contributed by atoms with van der Waals surface area (Å²) in [6.07, 6.45) is 7.17. The number of furan rings is 1. The van der Waals surface area contributed by atoms with Crippen molar-refractivity contribution in [3.05, 3.63) is 54.2 Å². The van der Waals surface area contributed by atoms with Crippen LogP contribution >= 0.6 is 0 Å². The first-order chi connectivity index (χ1) is 12.2. The van der Waals surface area contributed by atoms with Gasteiger partial charge in [-0.2, -0.15) is 0 Å².